The maximum atomic E-state index is 10.8. The first kappa shape index (κ1) is 10.9. The highest BCUT2D eigenvalue weighted by atomic mass is 32.2. The quantitative estimate of drug-likeness (QED) is 0.595. The first-order valence-electron chi connectivity index (χ1n) is 4.32. The molecule has 0 aliphatic rings. The van der Waals surface area contributed by atoms with Gasteiger partial charge in [-0.2, -0.15) is 0 Å². The van der Waals surface area contributed by atoms with Crippen LogP contribution in [0, 0.1) is 6.92 Å². The Hall–Kier alpha value is -1.16. The number of carboxylic acid groups (broad SMARTS) is 1. The number of rotatable bonds is 3. The number of carbonyl (C=O) groups is 1. The minimum absolute atomic E-state index is 0.195. The number of hydrogen-bond donors (Lipinski definition) is 2. The van der Waals surface area contributed by atoms with Crippen molar-refractivity contribution in [2.24, 2.45) is 0 Å². The molecule has 0 saturated heterocycles. The molecule has 0 aromatic heterocycles. The first-order valence-corrected chi connectivity index (χ1v) is 5.31. The molecular weight excluding hydrogens is 198 g/mol. The van der Waals surface area contributed by atoms with Crippen LogP contribution < -0.4 is 5.73 Å². The van der Waals surface area contributed by atoms with Crippen LogP contribution in [0.5, 0.6) is 0 Å². The largest absolute Gasteiger partial charge is 0.478 e. The van der Waals surface area contributed by atoms with E-state index < -0.39 is 5.97 Å². The Bertz CT molecular complexity index is 363. The van der Waals surface area contributed by atoms with Crippen molar-refractivity contribution in [1.29, 1.82) is 0 Å². The predicted octanol–water partition coefficient (Wildman–Crippen LogP) is 2.39. The van der Waals surface area contributed by atoms with Gasteiger partial charge in [-0.15, -0.1) is 11.8 Å². The summed E-state index contributed by atoms with van der Waals surface area (Å²) in [6.07, 6.45) is 0. The van der Waals surface area contributed by atoms with Crippen LogP contribution in [-0.2, 0) is 0 Å². The van der Waals surface area contributed by atoms with Crippen molar-refractivity contribution in [1.82, 2.24) is 0 Å². The maximum Gasteiger partial charge on any atom is 0.337 e. The number of nitrogen functional groups attached to an aromatic ring is 1. The fourth-order valence-electron chi connectivity index (χ4n) is 1.19. The second kappa shape index (κ2) is 4.37. The second-order valence-electron chi connectivity index (χ2n) is 2.94. The smallest absolute Gasteiger partial charge is 0.337 e. The average molecular weight is 211 g/mol. The van der Waals surface area contributed by atoms with E-state index in [0.717, 1.165) is 16.2 Å². The molecule has 0 bridgehead atoms. The number of nitrogens with two attached hydrogens (primary N) is 1. The summed E-state index contributed by atoms with van der Waals surface area (Å²) in [5.74, 6) is -0.0493. The number of aryl methyl sites for hydroxylation is 1. The fraction of sp³-hybridized carbons (Fsp3) is 0.300. The zero-order valence-corrected chi connectivity index (χ0v) is 9.02. The fourth-order valence-corrected chi connectivity index (χ4v) is 1.99. The molecule has 0 aliphatic heterocycles. The van der Waals surface area contributed by atoms with E-state index in [4.69, 9.17) is 10.8 Å². The molecule has 0 heterocycles. The Morgan fingerprint density at radius 1 is 1.57 bits per heavy atom. The highest BCUT2D eigenvalue weighted by molar-refractivity contribution is 7.99. The molecule has 1 aromatic rings. The molecule has 0 atom stereocenters. The molecule has 0 fully saturated rings. The van der Waals surface area contributed by atoms with Gasteiger partial charge in [0.1, 0.15) is 0 Å². The minimum atomic E-state index is -0.968. The number of benzene rings is 1. The summed E-state index contributed by atoms with van der Waals surface area (Å²) in [6, 6.07) is 3.54. The van der Waals surface area contributed by atoms with Gasteiger partial charge in [0, 0.05) is 10.6 Å². The zero-order chi connectivity index (χ0) is 10.7. The van der Waals surface area contributed by atoms with Crippen molar-refractivity contribution in [2.45, 2.75) is 18.7 Å². The van der Waals surface area contributed by atoms with Crippen molar-refractivity contribution in [2.75, 3.05) is 11.5 Å². The van der Waals surface area contributed by atoms with Crippen LogP contribution in [0.2, 0.25) is 0 Å². The molecular formula is C10H13NO2S. The standard InChI is InChI=1S/C10H13NO2S/c1-3-14-7-4-6(2)9(11)8(5-7)10(12)13/h4-5H,3,11H2,1-2H3,(H,12,13). The van der Waals surface area contributed by atoms with E-state index in [2.05, 4.69) is 0 Å². The Balaban J connectivity index is 3.21. The number of thioether (sulfide) groups is 1. The van der Waals surface area contributed by atoms with Crippen molar-refractivity contribution in [3.05, 3.63) is 23.3 Å². The molecule has 4 heteroatoms. The third-order valence-corrected chi connectivity index (χ3v) is 2.76. The van der Waals surface area contributed by atoms with E-state index in [1.165, 1.54) is 0 Å². The lowest BCUT2D eigenvalue weighted by atomic mass is 10.1. The van der Waals surface area contributed by atoms with Crippen molar-refractivity contribution in [3.8, 4) is 0 Å². The summed E-state index contributed by atoms with van der Waals surface area (Å²) in [5.41, 5.74) is 7.03. The lowest BCUT2D eigenvalue weighted by Gasteiger charge is -2.07. The average Bonchev–Trinajstić information content (AvgIpc) is 2.11. The molecule has 14 heavy (non-hydrogen) atoms. The van der Waals surface area contributed by atoms with Crippen LogP contribution in [-0.4, -0.2) is 16.8 Å². The van der Waals surface area contributed by atoms with Gasteiger partial charge in [0.25, 0.3) is 0 Å². The number of hydrogen-bond acceptors (Lipinski definition) is 3. The second-order valence-corrected chi connectivity index (χ2v) is 4.28. The van der Waals surface area contributed by atoms with E-state index in [1.807, 2.05) is 19.9 Å². The molecule has 0 saturated carbocycles. The Kier molecular flexibility index (Phi) is 3.41. The van der Waals surface area contributed by atoms with Gasteiger partial charge >= 0.3 is 5.97 Å². The van der Waals surface area contributed by atoms with Crippen molar-refractivity contribution >= 4 is 23.4 Å². The third kappa shape index (κ3) is 2.20. The Labute approximate surface area is 87.3 Å². The Morgan fingerprint density at radius 3 is 2.71 bits per heavy atom. The van der Waals surface area contributed by atoms with Gasteiger partial charge in [-0.1, -0.05) is 6.92 Å². The normalized spacial score (nSPS) is 10.1. The summed E-state index contributed by atoms with van der Waals surface area (Å²) in [4.78, 5) is 11.8. The topological polar surface area (TPSA) is 63.3 Å². The van der Waals surface area contributed by atoms with Crippen LogP contribution in [0.25, 0.3) is 0 Å². The van der Waals surface area contributed by atoms with E-state index in [0.29, 0.717) is 5.69 Å². The summed E-state index contributed by atoms with van der Waals surface area (Å²) < 4.78 is 0. The number of anilines is 1. The van der Waals surface area contributed by atoms with Crippen LogP contribution >= 0.6 is 11.8 Å². The predicted molar refractivity (Wildman–Crippen MR) is 58.9 cm³/mol. The first-order chi connectivity index (χ1) is 6.56. The van der Waals surface area contributed by atoms with Gasteiger partial charge in [0.2, 0.25) is 0 Å². The molecule has 76 valence electrons. The van der Waals surface area contributed by atoms with Gasteiger partial charge in [-0.05, 0) is 30.4 Å². The number of aromatic carboxylic acids is 1. The van der Waals surface area contributed by atoms with Crippen molar-refractivity contribution in [3.63, 3.8) is 0 Å². The third-order valence-electron chi connectivity index (χ3n) is 1.90. The lowest BCUT2D eigenvalue weighted by Crippen LogP contribution is -2.04. The molecule has 3 nitrogen and oxygen atoms in total. The van der Waals surface area contributed by atoms with Gasteiger partial charge in [-0.25, -0.2) is 4.79 Å². The van der Waals surface area contributed by atoms with Crippen LogP contribution in [0.3, 0.4) is 0 Å². The van der Waals surface area contributed by atoms with E-state index in [1.54, 1.807) is 17.8 Å². The van der Waals surface area contributed by atoms with E-state index in [-0.39, 0.29) is 5.56 Å². The molecule has 0 aliphatic carbocycles. The molecule has 0 radical (unpaired) electrons. The molecule has 0 spiro atoms. The van der Waals surface area contributed by atoms with E-state index in [9.17, 15) is 4.79 Å². The van der Waals surface area contributed by atoms with E-state index >= 15 is 0 Å². The monoisotopic (exact) mass is 211 g/mol. The highest BCUT2D eigenvalue weighted by Gasteiger charge is 2.11. The van der Waals surface area contributed by atoms with Gasteiger partial charge in [0.05, 0.1) is 5.56 Å². The summed E-state index contributed by atoms with van der Waals surface area (Å²) in [5, 5.41) is 8.89. The van der Waals surface area contributed by atoms with Crippen LogP contribution in [0.1, 0.15) is 22.8 Å². The molecule has 3 N–H and O–H groups in total. The number of carboxylic acids is 1. The van der Waals surface area contributed by atoms with Crippen LogP contribution in [0.4, 0.5) is 5.69 Å². The Morgan fingerprint density at radius 2 is 2.21 bits per heavy atom. The maximum absolute atomic E-state index is 10.8. The molecule has 1 rings (SSSR count). The SMILES string of the molecule is CCSc1cc(C)c(N)c(C(=O)O)c1. The molecule has 0 unspecified atom stereocenters. The van der Waals surface area contributed by atoms with Gasteiger partial charge in [0.15, 0.2) is 0 Å². The summed E-state index contributed by atoms with van der Waals surface area (Å²) >= 11 is 1.61. The molecule has 1 aromatic carbocycles. The van der Waals surface area contributed by atoms with Gasteiger partial charge < -0.3 is 10.8 Å². The van der Waals surface area contributed by atoms with Crippen molar-refractivity contribution < 1.29 is 9.90 Å². The van der Waals surface area contributed by atoms with Gasteiger partial charge in [-0.3, -0.25) is 0 Å². The lowest BCUT2D eigenvalue weighted by molar-refractivity contribution is 0.0697. The van der Waals surface area contributed by atoms with Crippen LogP contribution in [0.15, 0.2) is 17.0 Å². The molecule has 0 amide bonds. The minimum Gasteiger partial charge on any atom is -0.478 e. The highest BCUT2D eigenvalue weighted by Crippen LogP contribution is 2.26. The summed E-state index contributed by atoms with van der Waals surface area (Å²) in [6.45, 7) is 3.85. The zero-order valence-electron chi connectivity index (χ0n) is 8.20. The summed E-state index contributed by atoms with van der Waals surface area (Å²) in [7, 11) is 0.